The van der Waals surface area contributed by atoms with Gasteiger partial charge >= 0.3 is 0 Å². The summed E-state index contributed by atoms with van der Waals surface area (Å²) in [6, 6.07) is 6.02. The standard InChI is InChI=1S/C13H18N2O/c1-9-4-5-10(2)11(8-9)15-12(16)13(14)6-3-7-13/h4-5,8H,3,6-7,14H2,1-2H3,(H,15,16). The lowest BCUT2D eigenvalue weighted by Crippen LogP contribution is -2.56. The maximum Gasteiger partial charge on any atom is 0.244 e. The van der Waals surface area contributed by atoms with Crippen molar-refractivity contribution in [1.29, 1.82) is 0 Å². The van der Waals surface area contributed by atoms with Gasteiger partial charge in [-0.05, 0) is 50.3 Å². The van der Waals surface area contributed by atoms with Crippen molar-refractivity contribution in [2.75, 3.05) is 5.32 Å². The summed E-state index contributed by atoms with van der Waals surface area (Å²) in [5.74, 6) is -0.0487. The van der Waals surface area contributed by atoms with Gasteiger partial charge in [-0.3, -0.25) is 4.79 Å². The van der Waals surface area contributed by atoms with E-state index in [9.17, 15) is 4.79 Å². The molecule has 2 rings (SSSR count). The van der Waals surface area contributed by atoms with Crippen molar-refractivity contribution in [2.24, 2.45) is 5.73 Å². The molecule has 0 unspecified atom stereocenters. The normalized spacial score (nSPS) is 17.7. The summed E-state index contributed by atoms with van der Waals surface area (Å²) in [6.45, 7) is 4.00. The van der Waals surface area contributed by atoms with E-state index in [2.05, 4.69) is 5.32 Å². The zero-order valence-electron chi connectivity index (χ0n) is 9.84. The molecule has 1 fully saturated rings. The first-order valence-corrected chi connectivity index (χ1v) is 5.69. The molecule has 3 nitrogen and oxygen atoms in total. The summed E-state index contributed by atoms with van der Waals surface area (Å²) < 4.78 is 0. The average molecular weight is 218 g/mol. The molecule has 0 aliphatic heterocycles. The van der Waals surface area contributed by atoms with Gasteiger partial charge in [0.2, 0.25) is 5.91 Å². The molecule has 3 N–H and O–H groups in total. The number of rotatable bonds is 2. The Morgan fingerprint density at radius 3 is 2.62 bits per heavy atom. The molecule has 0 aromatic heterocycles. The third kappa shape index (κ3) is 1.95. The number of hydrogen-bond donors (Lipinski definition) is 2. The van der Waals surface area contributed by atoms with E-state index in [-0.39, 0.29) is 5.91 Å². The fraction of sp³-hybridized carbons (Fsp3) is 0.462. The van der Waals surface area contributed by atoms with Crippen molar-refractivity contribution in [2.45, 2.75) is 38.6 Å². The minimum atomic E-state index is -0.629. The van der Waals surface area contributed by atoms with Crippen LogP contribution in [-0.4, -0.2) is 11.4 Å². The number of nitrogens with one attached hydrogen (secondary N) is 1. The van der Waals surface area contributed by atoms with E-state index in [1.165, 1.54) is 0 Å². The van der Waals surface area contributed by atoms with Crippen molar-refractivity contribution in [1.82, 2.24) is 0 Å². The van der Waals surface area contributed by atoms with E-state index in [4.69, 9.17) is 5.73 Å². The molecule has 86 valence electrons. The van der Waals surface area contributed by atoms with E-state index < -0.39 is 5.54 Å². The summed E-state index contributed by atoms with van der Waals surface area (Å²) in [5, 5.41) is 2.93. The van der Waals surface area contributed by atoms with Crippen molar-refractivity contribution in [3.63, 3.8) is 0 Å². The lowest BCUT2D eigenvalue weighted by atomic mass is 9.77. The highest BCUT2D eigenvalue weighted by molar-refractivity contribution is 5.99. The SMILES string of the molecule is Cc1ccc(C)c(NC(=O)C2(N)CCC2)c1. The van der Waals surface area contributed by atoms with Crippen LogP contribution in [0.1, 0.15) is 30.4 Å². The maximum atomic E-state index is 11.9. The predicted molar refractivity (Wildman–Crippen MR) is 65.3 cm³/mol. The lowest BCUT2D eigenvalue weighted by Gasteiger charge is -2.36. The van der Waals surface area contributed by atoms with Crippen LogP contribution in [0.2, 0.25) is 0 Å². The zero-order chi connectivity index (χ0) is 11.8. The van der Waals surface area contributed by atoms with Crippen LogP contribution >= 0.6 is 0 Å². The first-order chi connectivity index (χ1) is 7.51. The van der Waals surface area contributed by atoms with Crippen LogP contribution in [0.3, 0.4) is 0 Å². The van der Waals surface area contributed by atoms with Gasteiger partial charge in [0.1, 0.15) is 0 Å². The molecule has 1 aromatic rings. The number of benzene rings is 1. The van der Waals surface area contributed by atoms with Gasteiger partial charge in [-0.15, -0.1) is 0 Å². The average Bonchev–Trinajstić information content (AvgIpc) is 2.20. The van der Waals surface area contributed by atoms with E-state index in [1.54, 1.807) is 0 Å². The Morgan fingerprint density at radius 1 is 1.38 bits per heavy atom. The zero-order valence-corrected chi connectivity index (χ0v) is 9.84. The topological polar surface area (TPSA) is 55.1 Å². The number of aryl methyl sites for hydroxylation is 2. The third-order valence-electron chi connectivity index (χ3n) is 3.34. The number of hydrogen-bond acceptors (Lipinski definition) is 2. The largest absolute Gasteiger partial charge is 0.324 e. The molecule has 0 bridgehead atoms. The second kappa shape index (κ2) is 3.91. The molecule has 1 aromatic carbocycles. The van der Waals surface area contributed by atoms with Crippen molar-refractivity contribution in [3.8, 4) is 0 Å². The van der Waals surface area contributed by atoms with Crippen LogP contribution in [0.25, 0.3) is 0 Å². The van der Waals surface area contributed by atoms with Crippen molar-refractivity contribution in [3.05, 3.63) is 29.3 Å². The number of carbonyl (C=O) groups is 1. The van der Waals surface area contributed by atoms with Gasteiger partial charge in [0.05, 0.1) is 5.54 Å². The van der Waals surface area contributed by atoms with Crippen LogP contribution in [0.15, 0.2) is 18.2 Å². The number of carbonyl (C=O) groups excluding carboxylic acids is 1. The van der Waals surface area contributed by atoms with Gasteiger partial charge in [0.25, 0.3) is 0 Å². The molecule has 1 aliphatic rings. The summed E-state index contributed by atoms with van der Waals surface area (Å²) in [6.07, 6.45) is 2.64. The Kier molecular flexibility index (Phi) is 2.72. The first kappa shape index (κ1) is 11.1. The van der Waals surface area contributed by atoms with Crippen LogP contribution in [0.5, 0.6) is 0 Å². The smallest absolute Gasteiger partial charge is 0.244 e. The molecule has 3 heteroatoms. The number of amides is 1. The van der Waals surface area contributed by atoms with Crippen molar-refractivity contribution < 1.29 is 4.79 Å². The molecular formula is C13H18N2O. The van der Waals surface area contributed by atoms with Gasteiger partial charge in [0, 0.05) is 5.69 Å². The van der Waals surface area contributed by atoms with Crippen LogP contribution in [-0.2, 0) is 4.79 Å². The third-order valence-corrected chi connectivity index (χ3v) is 3.34. The fourth-order valence-electron chi connectivity index (χ4n) is 1.90. The Hall–Kier alpha value is -1.35. The maximum absolute atomic E-state index is 11.9. The van der Waals surface area contributed by atoms with Gasteiger partial charge in [-0.2, -0.15) is 0 Å². The molecule has 0 heterocycles. The molecule has 1 saturated carbocycles. The fourth-order valence-corrected chi connectivity index (χ4v) is 1.90. The Labute approximate surface area is 96.0 Å². The predicted octanol–water partition coefficient (Wildman–Crippen LogP) is 2.12. The van der Waals surface area contributed by atoms with Crippen LogP contribution in [0.4, 0.5) is 5.69 Å². The molecule has 1 aliphatic carbocycles. The molecular weight excluding hydrogens is 200 g/mol. The Balaban J connectivity index is 2.14. The second-order valence-electron chi connectivity index (χ2n) is 4.78. The number of nitrogens with two attached hydrogens (primary N) is 1. The van der Waals surface area contributed by atoms with E-state index in [0.717, 1.165) is 36.1 Å². The van der Waals surface area contributed by atoms with E-state index >= 15 is 0 Å². The monoisotopic (exact) mass is 218 g/mol. The highest BCUT2D eigenvalue weighted by Crippen LogP contribution is 2.30. The molecule has 0 atom stereocenters. The minimum absolute atomic E-state index is 0.0487. The number of anilines is 1. The van der Waals surface area contributed by atoms with Gasteiger partial charge in [-0.1, -0.05) is 12.1 Å². The molecule has 0 radical (unpaired) electrons. The van der Waals surface area contributed by atoms with Gasteiger partial charge < -0.3 is 11.1 Å². The van der Waals surface area contributed by atoms with Gasteiger partial charge in [-0.25, -0.2) is 0 Å². The highest BCUT2D eigenvalue weighted by Gasteiger charge is 2.40. The van der Waals surface area contributed by atoms with E-state index in [0.29, 0.717) is 0 Å². The molecule has 1 amide bonds. The molecule has 0 saturated heterocycles. The lowest BCUT2D eigenvalue weighted by molar-refractivity contribution is -0.123. The highest BCUT2D eigenvalue weighted by atomic mass is 16.2. The van der Waals surface area contributed by atoms with Crippen molar-refractivity contribution >= 4 is 11.6 Å². The molecule has 16 heavy (non-hydrogen) atoms. The van der Waals surface area contributed by atoms with Crippen LogP contribution in [0, 0.1) is 13.8 Å². The van der Waals surface area contributed by atoms with Crippen LogP contribution < -0.4 is 11.1 Å². The Morgan fingerprint density at radius 2 is 2.06 bits per heavy atom. The van der Waals surface area contributed by atoms with E-state index in [1.807, 2.05) is 32.0 Å². The summed E-state index contributed by atoms with van der Waals surface area (Å²) in [5.41, 5.74) is 8.43. The summed E-state index contributed by atoms with van der Waals surface area (Å²) in [7, 11) is 0. The first-order valence-electron chi connectivity index (χ1n) is 5.69. The quantitative estimate of drug-likeness (QED) is 0.799. The van der Waals surface area contributed by atoms with Gasteiger partial charge in [0.15, 0.2) is 0 Å². The molecule has 0 spiro atoms. The second-order valence-corrected chi connectivity index (χ2v) is 4.78. The summed E-state index contributed by atoms with van der Waals surface area (Å²) in [4.78, 5) is 11.9. The minimum Gasteiger partial charge on any atom is -0.324 e. The Bertz CT molecular complexity index is 422. The summed E-state index contributed by atoms with van der Waals surface area (Å²) >= 11 is 0.